The molecule has 1 fully saturated rings. The maximum atomic E-state index is 8.85. The molecule has 1 saturated heterocycles. The van der Waals surface area contributed by atoms with Gasteiger partial charge in [0.1, 0.15) is 12.4 Å². The minimum absolute atomic E-state index is 0.666. The molecule has 0 radical (unpaired) electrons. The summed E-state index contributed by atoms with van der Waals surface area (Å²) < 4.78 is 5.84. The topological polar surface area (TPSA) is 39.5 Å². The molecule has 0 unspecified atom stereocenters. The van der Waals surface area contributed by atoms with Gasteiger partial charge >= 0.3 is 0 Å². The predicted molar refractivity (Wildman–Crippen MR) is 109 cm³/mol. The molecule has 1 heterocycles. The fourth-order valence-electron chi connectivity index (χ4n) is 3.71. The first-order valence-corrected chi connectivity index (χ1v) is 9.88. The zero-order valence-corrected chi connectivity index (χ0v) is 16.2. The van der Waals surface area contributed by atoms with Gasteiger partial charge in [0.2, 0.25) is 0 Å². The van der Waals surface area contributed by atoms with Crippen molar-refractivity contribution in [1.82, 2.24) is 9.80 Å². The lowest BCUT2D eigenvalue weighted by Crippen LogP contribution is -2.34. The van der Waals surface area contributed by atoms with Gasteiger partial charge in [-0.15, -0.1) is 0 Å². The maximum absolute atomic E-state index is 8.85. The van der Waals surface area contributed by atoms with E-state index in [9.17, 15) is 0 Å². The molecule has 3 rings (SSSR count). The number of hydrogen-bond donors (Lipinski definition) is 0. The molecule has 4 heteroatoms. The molecule has 0 saturated carbocycles. The van der Waals surface area contributed by atoms with Gasteiger partial charge in [-0.25, -0.2) is 0 Å². The van der Waals surface area contributed by atoms with E-state index in [1.165, 1.54) is 25.1 Å². The van der Waals surface area contributed by atoms with Crippen LogP contribution in [0.1, 0.15) is 24.5 Å². The summed E-state index contributed by atoms with van der Waals surface area (Å²) in [6.07, 6.45) is 1.28. The van der Waals surface area contributed by atoms with Gasteiger partial charge in [0.15, 0.2) is 0 Å². The van der Waals surface area contributed by atoms with E-state index in [-0.39, 0.29) is 0 Å². The second-order valence-electron chi connectivity index (χ2n) is 7.25. The third-order valence-corrected chi connectivity index (χ3v) is 5.24. The van der Waals surface area contributed by atoms with Crippen LogP contribution >= 0.6 is 0 Å². The van der Waals surface area contributed by atoms with Crippen LogP contribution in [-0.2, 0) is 6.54 Å². The van der Waals surface area contributed by atoms with Crippen molar-refractivity contribution in [3.63, 3.8) is 0 Å². The van der Waals surface area contributed by atoms with Gasteiger partial charge in [-0.1, -0.05) is 37.3 Å². The fourth-order valence-corrected chi connectivity index (χ4v) is 3.71. The lowest BCUT2D eigenvalue weighted by atomic mass is 10.1. The van der Waals surface area contributed by atoms with Crippen LogP contribution in [0.2, 0.25) is 0 Å². The normalized spacial score (nSPS) is 17.1. The van der Waals surface area contributed by atoms with Crippen molar-refractivity contribution in [3.8, 4) is 11.8 Å². The van der Waals surface area contributed by atoms with E-state index in [0.29, 0.717) is 12.2 Å². The fraction of sp³-hybridized carbons (Fsp3) is 0.435. The van der Waals surface area contributed by atoms with Gasteiger partial charge in [-0.2, -0.15) is 5.26 Å². The van der Waals surface area contributed by atoms with Crippen LogP contribution in [0, 0.1) is 17.2 Å². The summed E-state index contributed by atoms with van der Waals surface area (Å²) in [7, 11) is 0. The Morgan fingerprint density at radius 2 is 1.93 bits per heavy atom. The van der Waals surface area contributed by atoms with Gasteiger partial charge in [0.05, 0.1) is 11.6 Å². The van der Waals surface area contributed by atoms with Gasteiger partial charge in [0, 0.05) is 26.2 Å². The average molecular weight is 364 g/mol. The number of nitrogens with zero attached hydrogens (tertiary/aromatic N) is 3. The number of likely N-dealkylation sites (N-methyl/N-ethyl adjacent to an activating group) is 1. The van der Waals surface area contributed by atoms with E-state index in [4.69, 9.17) is 10.00 Å². The Balaban J connectivity index is 1.39. The molecule has 1 aliphatic rings. The summed E-state index contributed by atoms with van der Waals surface area (Å²) in [4.78, 5) is 5.06. The highest BCUT2D eigenvalue weighted by Crippen LogP contribution is 2.20. The Morgan fingerprint density at radius 3 is 2.63 bits per heavy atom. The van der Waals surface area contributed by atoms with Crippen LogP contribution in [-0.4, -0.2) is 49.1 Å². The Kier molecular flexibility index (Phi) is 7.27. The molecule has 0 N–H and O–H groups in total. The molecule has 0 amide bonds. The molecule has 0 spiro atoms. The average Bonchev–Trinajstić information content (AvgIpc) is 3.15. The highest BCUT2D eigenvalue weighted by Gasteiger charge is 2.24. The Labute approximate surface area is 163 Å². The van der Waals surface area contributed by atoms with E-state index >= 15 is 0 Å². The summed E-state index contributed by atoms with van der Waals surface area (Å²) in [5.74, 6) is 1.57. The number of hydrogen-bond acceptors (Lipinski definition) is 4. The van der Waals surface area contributed by atoms with E-state index < -0.39 is 0 Å². The molecule has 2 aromatic rings. The quantitative estimate of drug-likeness (QED) is 0.680. The lowest BCUT2D eigenvalue weighted by Gasteiger charge is -2.24. The predicted octanol–water partition coefficient (Wildman–Crippen LogP) is 3.78. The van der Waals surface area contributed by atoms with Crippen LogP contribution < -0.4 is 4.74 Å². The molecule has 1 atom stereocenters. The Bertz CT molecular complexity index is 724. The van der Waals surface area contributed by atoms with Crippen LogP contribution in [0.15, 0.2) is 54.6 Å². The van der Waals surface area contributed by atoms with E-state index in [0.717, 1.165) is 37.8 Å². The zero-order chi connectivity index (χ0) is 18.9. The maximum Gasteiger partial charge on any atom is 0.119 e. The molecular formula is C23H29N3O. The molecule has 0 bridgehead atoms. The number of nitriles is 1. The number of rotatable bonds is 9. The van der Waals surface area contributed by atoms with Crippen molar-refractivity contribution in [2.45, 2.75) is 19.9 Å². The van der Waals surface area contributed by atoms with Crippen molar-refractivity contribution >= 4 is 0 Å². The molecular weight excluding hydrogens is 334 g/mol. The van der Waals surface area contributed by atoms with E-state index in [2.05, 4.69) is 53.1 Å². The third-order valence-electron chi connectivity index (χ3n) is 5.24. The third kappa shape index (κ3) is 6.09. The van der Waals surface area contributed by atoms with Gasteiger partial charge in [-0.3, -0.25) is 9.80 Å². The molecule has 0 aliphatic carbocycles. The lowest BCUT2D eigenvalue weighted by molar-refractivity contribution is 0.190. The van der Waals surface area contributed by atoms with Crippen LogP contribution in [0.4, 0.5) is 0 Å². The summed E-state index contributed by atoms with van der Waals surface area (Å²) >= 11 is 0. The Hall–Kier alpha value is -2.35. The second kappa shape index (κ2) is 10.1. The summed E-state index contributed by atoms with van der Waals surface area (Å²) in [5.41, 5.74) is 2.07. The smallest absolute Gasteiger partial charge is 0.119 e. The molecule has 2 aromatic carbocycles. The van der Waals surface area contributed by atoms with Crippen molar-refractivity contribution < 1.29 is 4.74 Å². The van der Waals surface area contributed by atoms with Gasteiger partial charge in [-0.05, 0) is 55.3 Å². The summed E-state index contributed by atoms with van der Waals surface area (Å²) in [5, 5.41) is 8.85. The summed E-state index contributed by atoms with van der Waals surface area (Å²) in [6.45, 7) is 9.46. The zero-order valence-electron chi connectivity index (χ0n) is 16.2. The van der Waals surface area contributed by atoms with Crippen LogP contribution in [0.3, 0.4) is 0 Å². The summed E-state index contributed by atoms with van der Waals surface area (Å²) in [6, 6.07) is 20.2. The van der Waals surface area contributed by atoms with Crippen LogP contribution in [0.25, 0.3) is 0 Å². The standard InChI is InChI=1S/C23H29N3O/c1-2-25(14-15-27-23-10-8-20(16-24)9-11-23)18-22-12-13-26(19-22)17-21-6-4-3-5-7-21/h3-11,22H,2,12-15,17-19H2,1H3/t22-/m0/s1. The van der Waals surface area contributed by atoms with Crippen molar-refractivity contribution in [2.24, 2.45) is 5.92 Å². The minimum atomic E-state index is 0.666. The van der Waals surface area contributed by atoms with Crippen molar-refractivity contribution in [1.29, 1.82) is 5.26 Å². The van der Waals surface area contributed by atoms with Crippen molar-refractivity contribution in [3.05, 3.63) is 65.7 Å². The molecule has 4 nitrogen and oxygen atoms in total. The first-order valence-electron chi connectivity index (χ1n) is 9.88. The first-order chi connectivity index (χ1) is 13.3. The second-order valence-corrected chi connectivity index (χ2v) is 7.25. The highest BCUT2D eigenvalue weighted by molar-refractivity contribution is 5.34. The minimum Gasteiger partial charge on any atom is -0.492 e. The van der Waals surface area contributed by atoms with Crippen molar-refractivity contribution in [2.75, 3.05) is 39.3 Å². The first kappa shape index (κ1) is 19.4. The molecule has 27 heavy (non-hydrogen) atoms. The Morgan fingerprint density at radius 1 is 1.15 bits per heavy atom. The number of ether oxygens (including phenoxy) is 1. The van der Waals surface area contributed by atoms with E-state index in [1.807, 2.05) is 12.1 Å². The van der Waals surface area contributed by atoms with Gasteiger partial charge < -0.3 is 4.74 Å². The molecule has 142 valence electrons. The SMILES string of the molecule is CCN(CCOc1ccc(C#N)cc1)C[C@@H]1CCN(Cc2ccccc2)C1. The highest BCUT2D eigenvalue weighted by atomic mass is 16.5. The number of likely N-dealkylation sites (tertiary alicyclic amines) is 1. The van der Waals surface area contributed by atoms with E-state index in [1.54, 1.807) is 12.1 Å². The largest absolute Gasteiger partial charge is 0.492 e. The van der Waals surface area contributed by atoms with Gasteiger partial charge in [0.25, 0.3) is 0 Å². The van der Waals surface area contributed by atoms with Crippen LogP contribution in [0.5, 0.6) is 5.75 Å². The number of benzene rings is 2. The molecule has 0 aromatic heterocycles. The monoisotopic (exact) mass is 363 g/mol. The molecule has 1 aliphatic heterocycles.